The molecule has 1 unspecified atom stereocenters. The summed E-state index contributed by atoms with van der Waals surface area (Å²) in [6.45, 7) is 3.80. The molecule has 0 radical (unpaired) electrons. The van der Waals surface area contributed by atoms with Gasteiger partial charge in [0.15, 0.2) is 6.10 Å². The van der Waals surface area contributed by atoms with Gasteiger partial charge in [0.05, 0.1) is 13.1 Å². The Balaban J connectivity index is 1.43. The molecule has 150 valence electrons. The Kier molecular flexibility index (Phi) is 6.07. The van der Waals surface area contributed by atoms with Crippen molar-refractivity contribution >= 4 is 5.91 Å². The second-order valence-corrected chi connectivity index (χ2v) is 7.70. The first-order chi connectivity index (χ1) is 13.7. The van der Waals surface area contributed by atoms with E-state index in [0.29, 0.717) is 31.9 Å². The third kappa shape index (κ3) is 4.28. The van der Waals surface area contributed by atoms with Gasteiger partial charge in [0.25, 0.3) is 0 Å². The smallest absolute Gasteiger partial charge is 0.237 e. The van der Waals surface area contributed by atoms with Crippen molar-refractivity contribution in [2.75, 3.05) is 33.3 Å². The lowest BCUT2D eigenvalue weighted by molar-refractivity contribution is -0.133. The summed E-state index contributed by atoms with van der Waals surface area (Å²) < 4.78 is 11.7. The highest BCUT2D eigenvalue weighted by Crippen LogP contribution is 2.29. The molecule has 1 amide bonds. The number of carbonyl (C=O) groups excluding carboxylic acids is 1. The van der Waals surface area contributed by atoms with Crippen molar-refractivity contribution < 1.29 is 13.9 Å². The molecule has 6 nitrogen and oxygen atoms in total. The van der Waals surface area contributed by atoms with Gasteiger partial charge in [-0.1, -0.05) is 43.2 Å². The Morgan fingerprint density at radius 1 is 1.14 bits per heavy atom. The van der Waals surface area contributed by atoms with Gasteiger partial charge in [0.1, 0.15) is 11.5 Å². The van der Waals surface area contributed by atoms with Gasteiger partial charge < -0.3 is 14.1 Å². The maximum atomic E-state index is 12.8. The number of amides is 1. The zero-order valence-electron chi connectivity index (χ0n) is 16.6. The maximum absolute atomic E-state index is 12.8. The molecule has 2 aliphatic heterocycles. The van der Waals surface area contributed by atoms with Crippen molar-refractivity contribution in [1.82, 2.24) is 14.8 Å². The Morgan fingerprint density at radius 3 is 2.61 bits per heavy atom. The second kappa shape index (κ2) is 8.88. The van der Waals surface area contributed by atoms with E-state index in [1.165, 1.54) is 25.7 Å². The fraction of sp³-hybridized carbons (Fsp3) is 0.545. The fourth-order valence-corrected chi connectivity index (χ4v) is 4.14. The number of likely N-dealkylation sites (tertiary alicyclic amines) is 1. The standard InChI is InChI=1S/C22H29N3O3/c1-27-21(17-9-5-4-6-10-17)22-23-18-15-25(14-11-19(18)28-22)20(26)16-24-12-7-2-3-8-13-24/h4-6,9-10,21H,2-3,7-8,11-16H2,1H3. The Labute approximate surface area is 166 Å². The molecule has 0 saturated carbocycles. The average Bonchev–Trinajstić information content (AvgIpc) is 2.97. The van der Waals surface area contributed by atoms with E-state index in [0.717, 1.165) is 30.1 Å². The van der Waals surface area contributed by atoms with Crippen molar-refractivity contribution in [3.05, 3.63) is 53.2 Å². The number of hydrogen-bond acceptors (Lipinski definition) is 5. The van der Waals surface area contributed by atoms with Gasteiger partial charge in [0.2, 0.25) is 11.8 Å². The molecule has 6 heteroatoms. The van der Waals surface area contributed by atoms with E-state index in [2.05, 4.69) is 4.90 Å². The Bertz CT molecular complexity index is 782. The van der Waals surface area contributed by atoms with E-state index in [1.54, 1.807) is 7.11 Å². The normalized spacial score (nSPS) is 19.1. The van der Waals surface area contributed by atoms with Crippen LogP contribution in [0.25, 0.3) is 0 Å². The van der Waals surface area contributed by atoms with Crippen LogP contribution >= 0.6 is 0 Å². The van der Waals surface area contributed by atoms with E-state index in [9.17, 15) is 4.79 Å². The average molecular weight is 383 g/mol. The molecule has 2 aromatic rings. The molecule has 0 aliphatic carbocycles. The minimum atomic E-state index is -0.326. The van der Waals surface area contributed by atoms with Gasteiger partial charge in [-0.25, -0.2) is 4.98 Å². The molecule has 0 bridgehead atoms. The van der Waals surface area contributed by atoms with Crippen molar-refractivity contribution in [2.24, 2.45) is 0 Å². The van der Waals surface area contributed by atoms with Crippen molar-refractivity contribution in [3.8, 4) is 0 Å². The molecule has 1 fully saturated rings. The lowest BCUT2D eigenvalue weighted by Gasteiger charge is -2.28. The molecule has 1 atom stereocenters. The summed E-state index contributed by atoms with van der Waals surface area (Å²) in [5.41, 5.74) is 1.88. The molecule has 0 N–H and O–H groups in total. The quantitative estimate of drug-likeness (QED) is 0.794. The third-order valence-electron chi connectivity index (χ3n) is 5.72. The van der Waals surface area contributed by atoms with E-state index in [-0.39, 0.29) is 12.0 Å². The molecule has 4 rings (SSSR count). The third-order valence-corrected chi connectivity index (χ3v) is 5.72. The number of ether oxygens (including phenoxy) is 1. The van der Waals surface area contributed by atoms with Crippen LogP contribution in [0.5, 0.6) is 0 Å². The van der Waals surface area contributed by atoms with E-state index in [4.69, 9.17) is 14.1 Å². The zero-order chi connectivity index (χ0) is 19.3. The second-order valence-electron chi connectivity index (χ2n) is 7.70. The highest BCUT2D eigenvalue weighted by molar-refractivity contribution is 5.78. The molecule has 1 aromatic carbocycles. The molecular formula is C22H29N3O3. The number of hydrogen-bond donors (Lipinski definition) is 0. The first-order valence-corrected chi connectivity index (χ1v) is 10.3. The minimum absolute atomic E-state index is 0.198. The summed E-state index contributed by atoms with van der Waals surface area (Å²) >= 11 is 0. The van der Waals surface area contributed by atoms with Crippen LogP contribution in [0.15, 0.2) is 34.7 Å². The number of carbonyl (C=O) groups is 1. The molecule has 1 aromatic heterocycles. The number of nitrogens with zero attached hydrogens (tertiary/aromatic N) is 3. The van der Waals surface area contributed by atoms with Crippen LogP contribution in [-0.4, -0.2) is 54.0 Å². The summed E-state index contributed by atoms with van der Waals surface area (Å²) in [5.74, 6) is 1.65. The zero-order valence-corrected chi connectivity index (χ0v) is 16.6. The van der Waals surface area contributed by atoms with Crippen LogP contribution < -0.4 is 0 Å². The van der Waals surface area contributed by atoms with Crippen molar-refractivity contribution in [1.29, 1.82) is 0 Å². The summed E-state index contributed by atoms with van der Waals surface area (Å²) in [6, 6.07) is 9.95. The van der Waals surface area contributed by atoms with Gasteiger partial charge in [-0.15, -0.1) is 0 Å². The summed E-state index contributed by atoms with van der Waals surface area (Å²) in [6.07, 6.45) is 5.33. The van der Waals surface area contributed by atoms with Gasteiger partial charge in [-0.3, -0.25) is 9.69 Å². The molecule has 0 spiro atoms. The molecule has 2 aliphatic rings. The number of aromatic nitrogens is 1. The van der Waals surface area contributed by atoms with Gasteiger partial charge in [-0.2, -0.15) is 0 Å². The molecule has 1 saturated heterocycles. The number of rotatable bonds is 5. The monoisotopic (exact) mass is 383 g/mol. The largest absolute Gasteiger partial charge is 0.442 e. The lowest BCUT2D eigenvalue weighted by atomic mass is 10.1. The summed E-state index contributed by atoms with van der Waals surface area (Å²) in [4.78, 5) is 21.7. The first kappa shape index (κ1) is 19.2. The number of fused-ring (bicyclic) bond motifs is 1. The Morgan fingerprint density at radius 2 is 1.89 bits per heavy atom. The van der Waals surface area contributed by atoms with Gasteiger partial charge >= 0.3 is 0 Å². The molecule has 28 heavy (non-hydrogen) atoms. The van der Waals surface area contributed by atoms with E-state index < -0.39 is 0 Å². The van der Waals surface area contributed by atoms with Crippen molar-refractivity contribution in [2.45, 2.75) is 44.8 Å². The van der Waals surface area contributed by atoms with Crippen LogP contribution in [0.2, 0.25) is 0 Å². The van der Waals surface area contributed by atoms with Crippen LogP contribution in [0, 0.1) is 0 Å². The molecular weight excluding hydrogens is 354 g/mol. The maximum Gasteiger partial charge on any atom is 0.237 e. The van der Waals surface area contributed by atoms with Crippen molar-refractivity contribution in [3.63, 3.8) is 0 Å². The van der Waals surface area contributed by atoms with E-state index >= 15 is 0 Å². The highest BCUT2D eigenvalue weighted by atomic mass is 16.5. The van der Waals surface area contributed by atoms with Crippen LogP contribution in [0.1, 0.15) is 54.7 Å². The highest BCUT2D eigenvalue weighted by Gasteiger charge is 2.29. The number of benzene rings is 1. The predicted octanol–water partition coefficient (Wildman–Crippen LogP) is 3.17. The number of oxazole rings is 1. The lowest BCUT2D eigenvalue weighted by Crippen LogP contribution is -2.43. The van der Waals surface area contributed by atoms with Gasteiger partial charge in [0, 0.05) is 20.1 Å². The fourth-order valence-electron chi connectivity index (χ4n) is 4.14. The topological polar surface area (TPSA) is 58.8 Å². The SMILES string of the molecule is COC(c1ccccc1)c1nc2c(o1)CCN(C(=O)CN1CCCCCC1)C2. The van der Waals surface area contributed by atoms with E-state index in [1.807, 2.05) is 35.2 Å². The predicted molar refractivity (Wildman–Crippen MR) is 106 cm³/mol. The number of methoxy groups -OCH3 is 1. The van der Waals surface area contributed by atoms with Crippen LogP contribution in [0.4, 0.5) is 0 Å². The van der Waals surface area contributed by atoms with Crippen LogP contribution in [0.3, 0.4) is 0 Å². The minimum Gasteiger partial charge on any atom is -0.442 e. The van der Waals surface area contributed by atoms with Crippen LogP contribution in [-0.2, 0) is 22.5 Å². The summed E-state index contributed by atoms with van der Waals surface area (Å²) in [7, 11) is 1.66. The summed E-state index contributed by atoms with van der Waals surface area (Å²) in [5, 5.41) is 0. The Hall–Kier alpha value is -2.18. The van der Waals surface area contributed by atoms with Gasteiger partial charge in [-0.05, 0) is 31.5 Å². The first-order valence-electron chi connectivity index (χ1n) is 10.3. The molecule has 3 heterocycles.